The molecule has 0 fully saturated rings. The van der Waals surface area contributed by atoms with Crippen molar-refractivity contribution in [3.63, 3.8) is 0 Å². The fraction of sp³-hybridized carbons (Fsp3) is 0.357. The molecule has 1 aromatic heterocycles. The molecule has 0 saturated carbocycles. The van der Waals surface area contributed by atoms with Gasteiger partial charge in [0.15, 0.2) is 0 Å². The number of benzene rings is 1. The van der Waals surface area contributed by atoms with E-state index in [-0.39, 0.29) is 0 Å². The molecule has 2 aromatic rings. The van der Waals surface area contributed by atoms with Crippen LogP contribution in [0.25, 0.3) is 11.1 Å². The molecule has 0 radical (unpaired) electrons. The van der Waals surface area contributed by atoms with Crippen LogP contribution in [0.3, 0.4) is 0 Å². The average Bonchev–Trinajstić information content (AvgIpc) is 2.71. The molecule has 0 atom stereocenters. The van der Waals surface area contributed by atoms with Gasteiger partial charge in [-0.15, -0.1) is 0 Å². The van der Waals surface area contributed by atoms with Crippen LogP contribution in [0.1, 0.15) is 24.6 Å². The van der Waals surface area contributed by atoms with Crippen LogP contribution in [0.4, 0.5) is 0 Å². The SMILES string of the molecule is CCCc1nn(C)cc1-c1ccc(CN)cc1. The molecule has 0 amide bonds. The summed E-state index contributed by atoms with van der Waals surface area (Å²) in [5.41, 5.74) is 10.4. The molecule has 0 aliphatic rings. The van der Waals surface area contributed by atoms with Crippen molar-refractivity contribution in [3.8, 4) is 11.1 Å². The second kappa shape index (κ2) is 5.15. The maximum atomic E-state index is 5.60. The monoisotopic (exact) mass is 229 g/mol. The van der Waals surface area contributed by atoms with Crippen LogP contribution in [-0.2, 0) is 20.0 Å². The van der Waals surface area contributed by atoms with Gasteiger partial charge in [0.2, 0.25) is 0 Å². The van der Waals surface area contributed by atoms with Crippen molar-refractivity contribution in [2.45, 2.75) is 26.3 Å². The Bertz CT molecular complexity index is 483. The first-order valence-corrected chi connectivity index (χ1v) is 6.06. The zero-order valence-electron chi connectivity index (χ0n) is 10.5. The van der Waals surface area contributed by atoms with Crippen molar-refractivity contribution >= 4 is 0 Å². The second-order valence-electron chi connectivity index (χ2n) is 4.31. The molecule has 3 heteroatoms. The molecular weight excluding hydrogens is 210 g/mol. The highest BCUT2D eigenvalue weighted by Crippen LogP contribution is 2.24. The molecule has 2 rings (SSSR count). The molecule has 0 aliphatic heterocycles. The normalized spacial score (nSPS) is 10.8. The van der Waals surface area contributed by atoms with E-state index in [9.17, 15) is 0 Å². The molecule has 1 heterocycles. The number of hydrogen-bond donors (Lipinski definition) is 1. The summed E-state index contributed by atoms with van der Waals surface area (Å²) in [6, 6.07) is 8.41. The van der Waals surface area contributed by atoms with Gasteiger partial charge < -0.3 is 5.73 Å². The number of aromatic nitrogens is 2. The third-order valence-electron chi connectivity index (χ3n) is 2.89. The van der Waals surface area contributed by atoms with E-state index in [1.807, 2.05) is 11.7 Å². The molecule has 1 aromatic carbocycles. The van der Waals surface area contributed by atoms with Crippen molar-refractivity contribution in [1.82, 2.24) is 9.78 Å². The quantitative estimate of drug-likeness (QED) is 0.875. The average molecular weight is 229 g/mol. The Morgan fingerprint density at radius 1 is 1.24 bits per heavy atom. The lowest BCUT2D eigenvalue weighted by atomic mass is 10.0. The smallest absolute Gasteiger partial charge is 0.0702 e. The van der Waals surface area contributed by atoms with Crippen molar-refractivity contribution < 1.29 is 0 Å². The fourth-order valence-electron chi connectivity index (χ4n) is 2.02. The number of rotatable bonds is 4. The van der Waals surface area contributed by atoms with E-state index in [1.54, 1.807) is 0 Å². The van der Waals surface area contributed by atoms with Gasteiger partial charge in [-0.3, -0.25) is 4.68 Å². The summed E-state index contributed by atoms with van der Waals surface area (Å²) in [4.78, 5) is 0. The van der Waals surface area contributed by atoms with Gasteiger partial charge in [-0.05, 0) is 17.5 Å². The largest absolute Gasteiger partial charge is 0.326 e. The van der Waals surface area contributed by atoms with Crippen molar-refractivity contribution in [3.05, 3.63) is 41.7 Å². The maximum Gasteiger partial charge on any atom is 0.0702 e. The van der Waals surface area contributed by atoms with E-state index in [4.69, 9.17) is 5.73 Å². The lowest BCUT2D eigenvalue weighted by molar-refractivity contribution is 0.733. The lowest BCUT2D eigenvalue weighted by Gasteiger charge is -2.02. The van der Waals surface area contributed by atoms with Crippen molar-refractivity contribution in [1.29, 1.82) is 0 Å². The van der Waals surface area contributed by atoms with Gasteiger partial charge >= 0.3 is 0 Å². The highest BCUT2D eigenvalue weighted by molar-refractivity contribution is 5.65. The van der Waals surface area contributed by atoms with E-state index in [2.05, 4.69) is 42.5 Å². The summed E-state index contributed by atoms with van der Waals surface area (Å²) in [7, 11) is 1.97. The second-order valence-corrected chi connectivity index (χ2v) is 4.31. The number of nitrogens with two attached hydrogens (primary N) is 1. The van der Waals surface area contributed by atoms with Gasteiger partial charge in [-0.25, -0.2) is 0 Å². The molecule has 0 bridgehead atoms. The molecular formula is C14H19N3. The van der Waals surface area contributed by atoms with Crippen LogP contribution in [0.5, 0.6) is 0 Å². The molecule has 90 valence electrons. The molecule has 17 heavy (non-hydrogen) atoms. The van der Waals surface area contributed by atoms with Gasteiger partial charge in [-0.2, -0.15) is 5.10 Å². The molecule has 0 unspecified atom stereocenters. The highest BCUT2D eigenvalue weighted by Gasteiger charge is 2.08. The lowest BCUT2D eigenvalue weighted by Crippen LogP contribution is -1.95. The van der Waals surface area contributed by atoms with Crippen LogP contribution in [0.2, 0.25) is 0 Å². The standard InChI is InChI=1S/C14H19N3/c1-3-4-14-13(10-17(2)16-14)12-7-5-11(9-15)6-8-12/h5-8,10H,3-4,9,15H2,1-2H3. The predicted molar refractivity (Wildman–Crippen MR) is 70.5 cm³/mol. The van der Waals surface area contributed by atoms with Crippen LogP contribution < -0.4 is 5.73 Å². The Kier molecular flexibility index (Phi) is 3.59. The first-order valence-electron chi connectivity index (χ1n) is 6.06. The van der Waals surface area contributed by atoms with E-state index in [0.717, 1.165) is 18.4 Å². The van der Waals surface area contributed by atoms with E-state index < -0.39 is 0 Å². The Hall–Kier alpha value is -1.61. The molecule has 2 N–H and O–H groups in total. The third-order valence-corrected chi connectivity index (χ3v) is 2.89. The Labute approximate surface area is 102 Å². The maximum absolute atomic E-state index is 5.60. The van der Waals surface area contributed by atoms with Crippen LogP contribution in [0, 0.1) is 0 Å². The topological polar surface area (TPSA) is 43.8 Å². The van der Waals surface area contributed by atoms with Gasteiger partial charge in [0.25, 0.3) is 0 Å². The van der Waals surface area contributed by atoms with Crippen molar-refractivity contribution in [2.24, 2.45) is 12.8 Å². The van der Waals surface area contributed by atoms with Gasteiger partial charge in [-0.1, -0.05) is 37.6 Å². The summed E-state index contributed by atoms with van der Waals surface area (Å²) in [6.07, 6.45) is 4.22. The molecule has 0 aliphatic carbocycles. The number of hydrogen-bond acceptors (Lipinski definition) is 2. The van der Waals surface area contributed by atoms with Crippen LogP contribution >= 0.6 is 0 Å². The molecule has 0 saturated heterocycles. The minimum atomic E-state index is 0.592. The zero-order valence-corrected chi connectivity index (χ0v) is 10.5. The van der Waals surface area contributed by atoms with Gasteiger partial charge in [0.05, 0.1) is 5.69 Å². The minimum Gasteiger partial charge on any atom is -0.326 e. The van der Waals surface area contributed by atoms with E-state index in [1.165, 1.54) is 16.8 Å². The van der Waals surface area contributed by atoms with Crippen molar-refractivity contribution in [2.75, 3.05) is 0 Å². The Balaban J connectivity index is 2.37. The first-order chi connectivity index (χ1) is 8.24. The molecule has 3 nitrogen and oxygen atoms in total. The van der Waals surface area contributed by atoms with E-state index >= 15 is 0 Å². The summed E-state index contributed by atoms with van der Waals surface area (Å²) < 4.78 is 1.89. The minimum absolute atomic E-state index is 0.592. The Morgan fingerprint density at radius 3 is 2.53 bits per heavy atom. The van der Waals surface area contributed by atoms with Gasteiger partial charge in [0, 0.05) is 25.4 Å². The van der Waals surface area contributed by atoms with Gasteiger partial charge in [0.1, 0.15) is 0 Å². The number of aryl methyl sites for hydroxylation is 2. The van der Waals surface area contributed by atoms with E-state index in [0.29, 0.717) is 6.54 Å². The predicted octanol–water partition coefficient (Wildman–Crippen LogP) is 2.50. The number of nitrogens with zero attached hydrogens (tertiary/aromatic N) is 2. The van der Waals surface area contributed by atoms with Crippen LogP contribution in [-0.4, -0.2) is 9.78 Å². The summed E-state index contributed by atoms with van der Waals surface area (Å²) in [5, 5.41) is 4.51. The first kappa shape index (κ1) is 11.9. The zero-order chi connectivity index (χ0) is 12.3. The molecule has 0 spiro atoms. The summed E-state index contributed by atoms with van der Waals surface area (Å²) in [6.45, 7) is 2.77. The third kappa shape index (κ3) is 2.56. The summed E-state index contributed by atoms with van der Waals surface area (Å²) >= 11 is 0. The summed E-state index contributed by atoms with van der Waals surface area (Å²) in [5.74, 6) is 0. The van der Waals surface area contributed by atoms with Crippen LogP contribution in [0.15, 0.2) is 30.5 Å². The fourth-order valence-corrected chi connectivity index (χ4v) is 2.02. The highest BCUT2D eigenvalue weighted by atomic mass is 15.2. The Morgan fingerprint density at radius 2 is 1.94 bits per heavy atom.